The first-order valence-corrected chi connectivity index (χ1v) is 7.82. The molecule has 0 aromatic heterocycles. The molecule has 0 aromatic carbocycles. The lowest BCUT2D eigenvalue weighted by Crippen LogP contribution is -2.54. The van der Waals surface area contributed by atoms with E-state index >= 15 is 0 Å². The number of rotatable bonds is 5. The molecule has 4 atom stereocenters. The monoisotopic (exact) mass is 284 g/mol. The molecule has 1 saturated carbocycles. The molecule has 1 aliphatic rings. The number of carbonyl (C=O) groups is 1. The molecule has 0 radical (unpaired) electrons. The Morgan fingerprint density at radius 2 is 2.05 bits per heavy atom. The number of nitrogens with two attached hydrogens (primary N) is 1. The van der Waals surface area contributed by atoms with Crippen molar-refractivity contribution in [3.05, 3.63) is 0 Å². The summed E-state index contributed by atoms with van der Waals surface area (Å²) in [6.45, 7) is 12.0. The van der Waals surface area contributed by atoms with E-state index in [2.05, 4.69) is 27.7 Å². The Morgan fingerprint density at radius 1 is 1.45 bits per heavy atom. The van der Waals surface area contributed by atoms with Gasteiger partial charge in [0.25, 0.3) is 0 Å². The van der Waals surface area contributed by atoms with Crippen molar-refractivity contribution in [2.45, 2.75) is 59.5 Å². The molecule has 20 heavy (non-hydrogen) atoms. The zero-order valence-electron chi connectivity index (χ0n) is 14.0. The number of methoxy groups -OCH3 is 1. The second kappa shape index (κ2) is 6.90. The highest BCUT2D eigenvalue weighted by molar-refractivity contribution is 5.80. The topological polar surface area (TPSA) is 55.6 Å². The molecule has 0 bridgehead atoms. The molecular weight excluding hydrogens is 252 g/mol. The Morgan fingerprint density at radius 3 is 2.55 bits per heavy atom. The van der Waals surface area contributed by atoms with Crippen molar-refractivity contribution >= 4 is 5.91 Å². The fourth-order valence-corrected chi connectivity index (χ4v) is 3.51. The molecule has 2 N–H and O–H groups in total. The van der Waals surface area contributed by atoms with Crippen molar-refractivity contribution in [2.24, 2.45) is 23.0 Å². The highest BCUT2D eigenvalue weighted by Gasteiger charge is 2.46. The zero-order chi connectivity index (χ0) is 15.5. The van der Waals surface area contributed by atoms with Gasteiger partial charge in [-0.3, -0.25) is 4.79 Å². The summed E-state index contributed by atoms with van der Waals surface area (Å²) in [5.41, 5.74) is 6.14. The highest BCUT2D eigenvalue weighted by atomic mass is 16.5. The SMILES string of the molecule is CCN(C(=O)C1CCC(N)C(C)C1(C)C)C(C)COC. The van der Waals surface area contributed by atoms with Crippen LogP contribution in [-0.4, -0.2) is 43.2 Å². The summed E-state index contributed by atoms with van der Waals surface area (Å²) in [6.07, 6.45) is 1.84. The molecule has 0 spiro atoms. The normalized spacial score (nSPS) is 30.9. The van der Waals surface area contributed by atoms with E-state index in [-0.39, 0.29) is 29.3 Å². The number of nitrogens with zero attached hydrogens (tertiary/aromatic N) is 1. The van der Waals surface area contributed by atoms with Crippen molar-refractivity contribution in [1.29, 1.82) is 0 Å². The molecule has 1 rings (SSSR count). The van der Waals surface area contributed by atoms with Gasteiger partial charge in [-0.15, -0.1) is 0 Å². The molecule has 1 amide bonds. The first-order valence-electron chi connectivity index (χ1n) is 7.82. The average Bonchev–Trinajstić information content (AvgIpc) is 2.37. The second-order valence-corrected chi connectivity index (χ2v) is 6.83. The first kappa shape index (κ1) is 17.4. The quantitative estimate of drug-likeness (QED) is 0.842. The van der Waals surface area contributed by atoms with E-state index in [0.29, 0.717) is 12.5 Å². The minimum atomic E-state index is -0.0467. The van der Waals surface area contributed by atoms with Crippen LogP contribution >= 0.6 is 0 Å². The van der Waals surface area contributed by atoms with Crippen LogP contribution in [0.4, 0.5) is 0 Å². The van der Waals surface area contributed by atoms with E-state index < -0.39 is 0 Å². The molecule has 0 aromatic rings. The van der Waals surface area contributed by atoms with Crippen LogP contribution in [-0.2, 0) is 9.53 Å². The lowest BCUT2D eigenvalue weighted by atomic mass is 9.60. The number of hydrogen-bond acceptors (Lipinski definition) is 3. The van der Waals surface area contributed by atoms with Gasteiger partial charge in [-0.25, -0.2) is 0 Å². The van der Waals surface area contributed by atoms with Crippen LogP contribution in [0.3, 0.4) is 0 Å². The third-order valence-corrected chi connectivity index (χ3v) is 5.36. The lowest BCUT2D eigenvalue weighted by molar-refractivity contribution is -0.146. The van der Waals surface area contributed by atoms with Crippen LogP contribution < -0.4 is 5.73 Å². The Hall–Kier alpha value is -0.610. The first-order chi connectivity index (χ1) is 9.27. The smallest absolute Gasteiger partial charge is 0.226 e. The summed E-state index contributed by atoms with van der Waals surface area (Å²) in [5, 5.41) is 0. The predicted molar refractivity (Wildman–Crippen MR) is 82.4 cm³/mol. The van der Waals surface area contributed by atoms with Crippen LogP contribution in [0.15, 0.2) is 0 Å². The molecule has 1 aliphatic carbocycles. The van der Waals surface area contributed by atoms with Crippen molar-refractivity contribution in [1.82, 2.24) is 4.90 Å². The van der Waals surface area contributed by atoms with Gasteiger partial charge in [0.05, 0.1) is 12.6 Å². The van der Waals surface area contributed by atoms with Gasteiger partial charge in [0.15, 0.2) is 0 Å². The fourth-order valence-electron chi connectivity index (χ4n) is 3.51. The number of amides is 1. The van der Waals surface area contributed by atoms with E-state index in [4.69, 9.17) is 10.5 Å². The number of likely N-dealkylation sites (N-methyl/N-ethyl adjacent to an activating group) is 1. The van der Waals surface area contributed by atoms with Crippen molar-refractivity contribution < 1.29 is 9.53 Å². The van der Waals surface area contributed by atoms with E-state index in [9.17, 15) is 4.79 Å². The van der Waals surface area contributed by atoms with Gasteiger partial charge in [-0.05, 0) is 38.0 Å². The lowest BCUT2D eigenvalue weighted by Gasteiger charge is -2.47. The van der Waals surface area contributed by atoms with Crippen LogP contribution in [0.25, 0.3) is 0 Å². The van der Waals surface area contributed by atoms with Crippen LogP contribution in [0.5, 0.6) is 0 Å². The number of hydrogen-bond donors (Lipinski definition) is 1. The maximum atomic E-state index is 12.9. The largest absolute Gasteiger partial charge is 0.383 e. The summed E-state index contributed by atoms with van der Waals surface area (Å²) >= 11 is 0. The highest BCUT2D eigenvalue weighted by Crippen LogP contribution is 2.45. The minimum absolute atomic E-state index is 0.0467. The average molecular weight is 284 g/mol. The van der Waals surface area contributed by atoms with E-state index in [0.717, 1.165) is 19.4 Å². The molecule has 0 saturated heterocycles. The van der Waals surface area contributed by atoms with Gasteiger partial charge in [0, 0.05) is 25.6 Å². The van der Waals surface area contributed by atoms with Crippen LogP contribution in [0, 0.1) is 17.3 Å². The van der Waals surface area contributed by atoms with E-state index in [1.54, 1.807) is 7.11 Å². The summed E-state index contributed by atoms with van der Waals surface area (Å²) in [4.78, 5) is 14.9. The van der Waals surface area contributed by atoms with Gasteiger partial charge < -0.3 is 15.4 Å². The Bertz CT molecular complexity index is 330. The number of carbonyl (C=O) groups excluding carboxylic acids is 1. The van der Waals surface area contributed by atoms with E-state index in [1.807, 2.05) is 11.8 Å². The molecule has 0 heterocycles. The Kier molecular flexibility index (Phi) is 6.02. The summed E-state index contributed by atoms with van der Waals surface area (Å²) in [6, 6.07) is 0.333. The molecule has 4 unspecified atom stereocenters. The molecule has 0 aliphatic heterocycles. The maximum Gasteiger partial charge on any atom is 0.226 e. The zero-order valence-corrected chi connectivity index (χ0v) is 14.0. The molecule has 118 valence electrons. The summed E-state index contributed by atoms with van der Waals surface area (Å²) < 4.78 is 5.20. The summed E-state index contributed by atoms with van der Waals surface area (Å²) in [5.74, 6) is 0.694. The van der Waals surface area contributed by atoms with Crippen molar-refractivity contribution in [3.63, 3.8) is 0 Å². The third-order valence-electron chi connectivity index (χ3n) is 5.36. The summed E-state index contributed by atoms with van der Waals surface area (Å²) in [7, 11) is 1.68. The second-order valence-electron chi connectivity index (χ2n) is 6.83. The van der Waals surface area contributed by atoms with Gasteiger partial charge in [0.2, 0.25) is 5.91 Å². The predicted octanol–water partition coefficient (Wildman–Crippen LogP) is 2.27. The molecule has 4 heteroatoms. The standard InChI is InChI=1S/C16H32N2O2/c1-7-18(11(2)10-20-6)15(19)13-8-9-14(17)12(3)16(13,4)5/h11-14H,7-10,17H2,1-6H3. The molecule has 4 nitrogen and oxygen atoms in total. The van der Waals surface area contributed by atoms with Gasteiger partial charge in [0.1, 0.15) is 0 Å². The van der Waals surface area contributed by atoms with Crippen molar-refractivity contribution in [3.8, 4) is 0 Å². The van der Waals surface area contributed by atoms with Gasteiger partial charge in [-0.1, -0.05) is 20.8 Å². The minimum Gasteiger partial charge on any atom is -0.383 e. The maximum absolute atomic E-state index is 12.9. The number of ether oxygens (including phenoxy) is 1. The Labute approximate surface area is 124 Å². The third kappa shape index (κ3) is 3.34. The van der Waals surface area contributed by atoms with Gasteiger partial charge in [-0.2, -0.15) is 0 Å². The molecular formula is C16H32N2O2. The molecule has 1 fully saturated rings. The van der Waals surface area contributed by atoms with Crippen LogP contribution in [0.1, 0.15) is 47.5 Å². The van der Waals surface area contributed by atoms with E-state index in [1.165, 1.54) is 0 Å². The van der Waals surface area contributed by atoms with Crippen LogP contribution in [0.2, 0.25) is 0 Å². The van der Waals surface area contributed by atoms with Crippen molar-refractivity contribution in [2.75, 3.05) is 20.3 Å². The van der Waals surface area contributed by atoms with Gasteiger partial charge >= 0.3 is 0 Å². The Balaban J connectivity index is 2.89. The fraction of sp³-hybridized carbons (Fsp3) is 0.938.